The van der Waals surface area contributed by atoms with Gasteiger partial charge in [-0.25, -0.2) is 0 Å². The van der Waals surface area contributed by atoms with Crippen molar-refractivity contribution in [1.82, 2.24) is 14.5 Å². The first-order chi connectivity index (χ1) is 32.5. The summed E-state index contributed by atoms with van der Waals surface area (Å²) in [5, 5.41) is 3.81. The minimum Gasteiger partial charge on any atom is -0.501 e. The minimum absolute atomic E-state index is 0. The van der Waals surface area contributed by atoms with Crippen LogP contribution in [-0.4, -0.2) is 22.6 Å². The molecule has 0 amide bonds. The van der Waals surface area contributed by atoms with Crippen molar-refractivity contribution in [2.75, 3.05) is 0 Å². The molecule has 0 unspecified atom stereocenters. The van der Waals surface area contributed by atoms with Crippen LogP contribution in [-0.2, 0) is 26.5 Å². The van der Waals surface area contributed by atoms with E-state index in [-0.39, 0.29) is 20.1 Å². The molecule has 349 valence electrons. The third kappa shape index (κ3) is 9.62. The molecule has 0 bridgehead atoms. The van der Waals surface area contributed by atoms with Gasteiger partial charge in [0.2, 0.25) is 0 Å². The number of pyridine rings is 1. The first-order valence-corrected chi connectivity index (χ1v) is 28.6. The van der Waals surface area contributed by atoms with E-state index in [1.807, 2.05) is 18.2 Å². The van der Waals surface area contributed by atoms with Crippen LogP contribution in [0.1, 0.15) is 119 Å². The number of nitrogens with zero attached hydrogens (tertiary/aromatic N) is 3. The summed E-state index contributed by atoms with van der Waals surface area (Å²) in [5.74, 6) is 2.99. The molecule has 2 fully saturated rings. The smallest absolute Gasteiger partial charge is 0.121 e. The van der Waals surface area contributed by atoms with Gasteiger partial charge in [-0.3, -0.25) is 4.98 Å². The van der Waals surface area contributed by atoms with E-state index >= 15 is 0 Å². The molecule has 3 aromatic heterocycles. The summed E-state index contributed by atoms with van der Waals surface area (Å²) in [6.07, 6.45) is 14.2. The number of imidazole rings is 1. The quantitative estimate of drug-likeness (QED) is 0.101. The molecule has 0 spiro atoms. The topological polar surface area (TPSA) is 43.9 Å². The maximum atomic E-state index is 6.77. The van der Waals surface area contributed by atoms with Crippen LogP contribution in [0.2, 0.25) is 19.6 Å². The van der Waals surface area contributed by atoms with Gasteiger partial charge in [-0.2, -0.15) is 0 Å². The van der Waals surface area contributed by atoms with Crippen LogP contribution in [0.4, 0.5) is 0 Å². The average molecular weight is 1090 g/mol. The van der Waals surface area contributed by atoms with E-state index in [4.69, 9.17) is 14.4 Å². The number of para-hydroxylation sites is 2. The van der Waals surface area contributed by atoms with Gasteiger partial charge in [0.25, 0.3) is 0 Å². The molecule has 0 N–H and O–H groups in total. The Morgan fingerprint density at radius 2 is 1.38 bits per heavy atom. The summed E-state index contributed by atoms with van der Waals surface area (Å²) in [4.78, 5) is 10.1. The van der Waals surface area contributed by atoms with E-state index in [0.29, 0.717) is 17.8 Å². The van der Waals surface area contributed by atoms with Crippen molar-refractivity contribution in [1.29, 1.82) is 0 Å². The molecule has 4 nitrogen and oxygen atoms in total. The number of furan rings is 1. The Balaban J connectivity index is 0.000000211. The Morgan fingerprint density at radius 3 is 2.07 bits per heavy atom. The number of benzene rings is 6. The minimum atomic E-state index is -1.35. The van der Waals surface area contributed by atoms with Crippen LogP contribution in [0.5, 0.6) is 0 Å². The zero-order chi connectivity index (χ0) is 46.2. The second-order valence-corrected chi connectivity index (χ2v) is 26.0. The van der Waals surface area contributed by atoms with Crippen LogP contribution in [0.25, 0.3) is 72.4 Å². The molecular weight excluding hydrogens is 1020 g/mol. The van der Waals surface area contributed by atoms with Crippen LogP contribution in [0.15, 0.2) is 138 Å². The van der Waals surface area contributed by atoms with Gasteiger partial charge in [-0.1, -0.05) is 163 Å². The Bertz CT molecular complexity index is 3140. The van der Waals surface area contributed by atoms with Gasteiger partial charge in [0.15, 0.2) is 0 Å². The van der Waals surface area contributed by atoms with Crippen LogP contribution in [0, 0.1) is 18.1 Å². The van der Waals surface area contributed by atoms with Gasteiger partial charge in [0.1, 0.15) is 5.58 Å². The van der Waals surface area contributed by atoms with Gasteiger partial charge in [0.05, 0.1) is 30.5 Å². The SMILES string of the molecule is CC(C)c1cc(-c2ccccc2)cc(C(C)C)c1-n1c(-c2[c-]ccc3c2oc2cc(C4CCCC4)ccc23)nc2ccccc21.C[Si](C)(C)c1cnc(-c2[c-]cccc2)cc1CC1CCCC1.[Ir]. The fraction of sp³-hybridized carbons (Fsp3) is 0.323. The Hall–Kier alpha value is -5.39. The van der Waals surface area contributed by atoms with Crippen molar-refractivity contribution in [2.24, 2.45) is 5.92 Å². The molecule has 2 saturated carbocycles. The van der Waals surface area contributed by atoms with Gasteiger partial charge in [0, 0.05) is 37.4 Å². The van der Waals surface area contributed by atoms with Gasteiger partial charge < -0.3 is 14.0 Å². The summed E-state index contributed by atoms with van der Waals surface area (Å²) in [5.41, 5.74) is 16.2. The fourth-order valence-corrected chi connectivity index (χ4v) is 12.6. The summed E-state index contributed by atoms with van der Waals surface area (Å²) in [6.45, 7) is 16.5. The van der Waals surface area contributed by atoms with Gasteiger partial charge in [-0.15, -0.1) is 54.1 Å². The van der Waals surface area contributed by atoms with E-state index < -0.39 is 8.07 Å². The molecule has 1 radical (unpaired) electrons. The molecule has 11 rings (SSSR count). The zero-order valence-electron chi connectivity index (χ0n) is 41.0. The van der Waals surface area contributed by atoms with E-state index in [9.17, 15) is 0 Å². The molecule has 9 aromatic rings. The molecule has 0 saturated heterocycles. The molecule has 68 heavy (non-hydrogen) atoms. The number of aromatic nitrogens is 3. The maximum absolute atomic E-state index is 6.77. The van der Waals surface area contributed by atoms with Crippen LogP contribution >= 0.6 is 0 Å². The Labute approximate surface area is 419 Å². The average Bonchev–Trinajstić information content (AvgIpc) is 4.19. The van der Waals surface area contributed by atoms with Crippen molar-refractivity contribution < 1.29 is 24.5 Å². The standard InChI is InChI=1S/C42H39N2O.C20H26NSi.Ir/c1-26(2)35-23-31(29-13-6-5-7-14-29)24-36(27(3)4)40(35)44-38-20-11-10-19-37(38)43-42(44)34-18-12-17-33-32-22-21-30(28-15-8-9-16-28)25-39(32)45-41(33)34;1-22(2,3)20-15-21-19(17-11-5-4-6-12-17)14-18(20)13-16-9-7-8-10-16;/h5-7,10-14,17,19-28H,8-9,15-16H2,1-4H3;4-6,11,14-16H,7-10,13H2,1-3H3;/q2*-1;. The fourth-order valence-electron chi connectivity index (χ4n) is 11.0. The zero-order valence-corrected chi connectivity index (χ0v) is 44.4. The molecule has 2 aliphatic rings. The first kappa shape index (κ1) is 47.7. The van der Waals surface area contributed by atoms with Gasteiger partial charge >= 0.3 is 0 Å². The normalized spacial score (nSPS) is 14.6. The molecule has 0 aliphatic heterocycles. The summed E-state index contributed by atoms with van der Waals surface area (Å²) in [7, 11) is -1.35. The Morgan fingerprint density at radius 1 is 0.691 bits per heavy atom. The van der Waals surface area contributed by atoms with E-state index in [1.54, 1.807) is 10.8 Å². The van der Waals surface area contributed by atoms with Crippen LogP contribution in [0.3, 0.4) is 0 Å². The third-order valence-corrected chi connectivity index (χ3v) is 16.6. The van der Waals surface area contributed by atoms with E-state index in [1.165, 1.54) is 91.3 Å². The number of hydrogen-bond acceptors (Lipinski definition) is 3. The largest absolute Gasteiger partial charge is 0.501 e. The predicted molar refractivity (Wildman–Crippen MR) is 285 cm³/mol. The van der Waals surface area contributed by atoms with Crippen molar-refractivity contribution in [3.63, 3.8) is 0 Å². The van der Waals surface area contributed by atoms with E-state index in [0.717, 1.165) is 61.5 Å². The molecular formula is C62H65IrN3OSi-2. The number of rotatable bonds is 10. The van der Waals surface area contributed by atoms with Crippen molar-refractivity contribution >= 4 is 46.2 Å². The molecule has 6 heteroatoms. The predicted octanol–water partition coefficient (Wildman–Crippen LogP) is 16.8. The van der Waals surface area contributed by atoms with Crippen LogP contribution < -0.4 is 5.19 Å². The monoisotopic (exact) mass is 1090 g/mol. The molecule has 6 aromatic carbocycles. The maximum Gasteiger partial charge on any atom is 0.121 e. The summed E-state index contributed by atoms with van der Waals surface area (Å²) in [6, 6.07) is 52.4. The number of fused-ring (bicyclic) bond motifs is 4. The molecule has 0 atom stereocenters. The Kier molecular flexibility index (Phi) is 14.2. The van der Waals surface area contributed by atoms with Crippen molar-refractivity contribution in [3.05, 3.63) is 168 Å². The molecule has 2 aliphatic carbocycles. The summed E-state index contributed by atoms with van der Waals surface area (Å²) >= 11 is 0. The molecule has 3 heterocycles. The third-order valence-electron chi connectivity index (χ3n) is 14.6. The second-order valence-electron chi connectivity index (χ2n) is 21.0. The van der Waals surface area contributed by atoms with Crippen molar-refractivity contribution in [2.45, 2.75) is 123 Å². The first-order valence-electron chi connectivity index (χ1n) is 25.1. The van der Waals surface area contributed by atoms with Crippen molar-refractivity contribution in [3.8, 4) is 39.5 Å². The summed E-state index contributed by atoms with van der Waals surface area (Å²) < 4.78 is 9.16. The number of hydrogen-bond donors (Lipinski definition) is 0. The second kappa shape index (κ2) is 20.3. The van der Waals surface area contributed by atoms with E-state index in [2.05, 4.69) is 179 Å². The van der Waals surface area contributed by atoms with Gasteiger partial charge in [-0.05, 0) is 112 Å².